The number of fused-ring (bicyclic) bond motifs is 1. The van der Waals surface area contributed by atoms with E-state index >= 15 is 0 Å². The lowest BCUT2D eigenvalue weighted by atomic mass is 10.1. The Morgan fingerprint density at radius 1 is 1.00 bits per heavy atom. The Kier molecular flexibility index (Phi) is 6.14. The molecule has 2 heterocycles. The van der Waals surface area contributed by atoms with Crippen molar-refractivity contribution in [1.29, 1.82) is 0 Å². The van der Waals surface area contributed by atoms with E-state index in [2.05, 4.69) is 15.2 Å². The lowest BCUT2D eigenvalue weighted by Crippen LogP contribution is -2.24. The van der Waals surface area contributed by atoms with Gasteiger partial charge >= 0.3 is 6.36 Å². The van der Waals surface area contributed by atoms with E-state index in [9.17, 15) is 22.8 Å². The van der Waals surface area contributed by atoms with Crippen molar-refractivity contribution in [2.24, 2.45) is 7.05 Å². The lowest BCUT2D eigenvalue weighted by Gasteiger charge is -2.14. The van der Waals surface area contributed by atoms with E-state index in [-0.39, 0.29) is 22.8 Å². The number of alkyl halides is 3. The van der Waals surface area contributed by atoms with Crippen molar-refractivity contribution in [2.45, 2.75) is 26.1 Å². The molecule has 0 amide bonds. The molecule has 0 fully saturated rings. The molecule has 2 aromatic carbocycles. The highest BCUT2D eigenvalue weighted by atomic mass is 19.4. The van der Waals surface area contributed by atoms with Gasteiger partial charge in [0.2, 0.25) is 0 Å². The molecule has 0 spiro atoms. The van der Waals surface area contributed by atoms with Crippen LogP contribution in [0, 0.1) is 0 Å². The average molecular weight is 470 g/mol. The second kappa shape index (κ2) is 9.05. The normalized spacial score (nSPS) is 11.6. The Morgan fingerprint density at radius 2 is 1.74 bits per heavy atom. The smallest absolute Gasteiger partial charge is 0.406 e. The SMILES string of the molecule is CCCc1ccc2c(Nc3cccn(C)c3=O)nn(-c3ccc(OC(F)(F)F)cc3)c(=O)c2c1. The van der Waals surface area contributed by atoms with Crippen LogP contribution in [0.2, 0.25) is 0 Å². The zero-order valence-electron chi connectivity index (χ0n) is 18.4. The third-order valence-electron chi connectivity index (χ3n) is 5.19. The number of benzene rings is 2. The summed E-state index contributed by atoms with van der Waals surface area (Å²) in [4.78, 5) is 25.8. The van der Waals surface area contributed by atoms with Crippen molar-refractivity contribution in [1.82, 2.24) is 14.3 Å². The van der Waals surface area contributed by atoms with Gasteiger partial charge in [-0.15, -0.1) is 18.3 Å². The Morgan fingerprint density at radius 3 is 2.41 bits per heavy atom. The monoisotopic (exact) mass is 470 g/mol. The van der Waals surface area contributed by atoms with Gasteiger partial charge in [-0.3, -0.25) is 9.59 Å². The first kappa shape index (κ1) is 23.1. The molecule has 10 heteroatoms. The largest absolute Gasteiger partial charge is 0.573 e. The van der Waals surface area contributed by atoms with Crippen LogP contribution in [0.25, 0.3) is 16.5 Å². The molecule has 7 nitrogen and oxygen atoms in total. The van der Waals surface area contributed by atoms with Crippen molar-refractivity contribution in [3.05, 3.63) is 87.1 Å². The second-order valence-corrected chi connectivity index (χ2v) is 7.70. The quantitative estimate of drug-likeness (QED) is 0.443. The zero-order chi connectivity index (χ0) is 24.5. The van der Waals surface area contributed by atoms with Crippen molar-refractivity contribution in [2.75, 3.05) is 5.32 Å². The summed E-state index contributed by atoms with van der Waals surface area (Å²) in [6, 6.07) is 13.6. The minimum absolute atomic E-state index is 0.242. The molecule has 4 aromatic rings. The predicted molar refractivity (Wildman–Crippen MR) is 123 cm³/mol. The molecule has 1 N–H and O–H groups in total. The topological polar surface area (TPSA) is 78.2 Å². The molecular weight excluding hydrogens is 449 g/mol. The van der Waals surface area contributed by atoms with Crippen LogP contribution in [-0.4, -0.2) is 20.7 Å². The number of aromatic nitrogens is 3. The number of hydrogen-bond acceptors (Lipinski definition) is 5. The maximum Gasteiger partial charge on any atom is 0.573 e. The first-order valence-corrected chi connectivity index (χ1v) is 10.5. The minimum atomic E-state index is -4.83. The van der Waals surface area contributed by atoms with Gasteiger partial charge in [0.05, 0.1) is 11.1 Å². The molecule has 0 bridgehead atoms. The van der Waals surface area contributed by atoms with E-state index in [0.717, 1.165) is 35.2 Å². The summed E-state index contributed by atoms with van der Waals surface area (Å²) in [5, 5.41) is 8.29. The van der Waals surface area contributed by atoms with Gasteiger partial charge in [0.25, 0.3) is 11.1 Å². The zero-order valence-corrected chi connectivity index (χ0v) is 18.4. The van der Waals surface area contributed by atoms with Crippen LogP contribution in [0.5, 0.6) is 5.75 Å². The third-order valence-corrected chi connectivity index (χ3v) is 5.19. The number of aryl methyl sites for hydroxylation is 2. The van der Waals surface area contributed by atoms with E-state index in [4.69, 9.17) is 0 Å². The number of ether oxygens (including phenoxy) is 1. The van der Waals surface area contributed by atoms with Crippen LogP contribution in [0.3, 0.4) is 0 Å². The second-order valence-electron chi connectivity index (χ2n) is 7.70. The van der Waals surface area contributed by atoms with Crippen molar-refractivity contribution < 1.29 is 17.9 Å². The summed E-state index contributed by atoms with van der Waals surface area (Å²) >= 11 is 0. The van der Waals surface area contributed by atoms with Crippen molar-refractivity contribution in [3.63, 3.8) is 0 Å². The highest BCUT2D eigenvalue weighted by molar-refractivity contribution is 5.93. The third kappa shape index (κ3) is 4.80. The van der Waals surface area contributed by atoms with Crippen molar-refractivity contribution in [3.8, 4) is 11.4 Å². The van der Waals surface area contributed by atoms with Crippen LogP contribution in [-0.2, 0) is 13.5 Å². The van der Waals surface area contributed by atoms with E-state index in [1.165, 1.54) is 16.7 Å². The summed E-state index contributed by atoms with van der Waals surface area (Å²) in [5.74, 6) is -0.155. The average Bonchev–Trinajstić information content (AvgIpc) is 2.78. The van der Waals surface area contributed by atoms with Crippen LogP contribution in [0.15, 0.2) is 70.4 Å². The van der Waals surface area contributed by atoms with E-state index < -0.39 is 17.7 Å². The number of anilines is 2. The molecule has 0 aliphatic carbocycles. The van der Waals surface area contributed by atoms with Crippen LogP contribution in [0.4, 0.5) is 24.7 Å². The van der Waals surface area contributed by atoms with E-state index in [1.807, 2.05) is 13.0 Å². The standard InChI is InChI=1S/C24H21F3N4O3/c1-3-5-15-7-12-18-19(14-15)22(32)31(16-8-10-17(11-9-16)34-24(25,26)27)29-21(18)28-20-6-4-13-30(2)23(20)33/h4,6-14H,3,5H2,1-2H3,(H,28,29). The van der Waals surface area contributed by atoms with Gasteiger partial charge in [0, 0.05) is 18.6 Å². The Bertz CT molecular complexity index is 1460. The van der Waals surface area contributed by atoms with Gasteiger partial charge in [-0.1, -0.05) is 25.5 Å². The van der Waals surface area contributed by atoms with Gasteiger partial charge in [-0.25, -0.2) is 0 Å². The molecule has 4 rings (SSSR count). The van der Waals surface area contributed by atoms with Gasteiger partial charge in [0.1, 0.15) is 11.4 Å². The fourth-order valence-electron chi connectivity index (χ4n) is 3.61. The number of rotatable bonds is 6. The van der Waals surface area contributed by atoms with E-state index in [1.54, 1.807) is 37.5 Å². The van der Waals surface area contributed by atoms with Crippen LogP contribution >= 0.6 is 0 Å². The van der Waals surface area contributed by atoms with E-state index in [0.29, 0.717) is 10.8 Å². The first-order chi connectivity index (χ1) is 16.2. The summed E-state index contributed by atoms with van der Waals surface area (Å²) < 4.78 is 43.9. The number of pyridine rings is 1. The van der Waals surface area contributed by atoms with Gasteiger partial charge in [0.15, 0.2) is 5.82 Å². The number of nitrogens with one attached hydrogen (secondary N) is 1. The minimum Gasteiger partial charge on any atom is -0.406 e. The molecule has 0 saturated heterocycles. The summed E-state index contributed by atoms with van der Waals surface area (Å²) in [7, 11) is 1.61. The van der Waals surface area contributed by atoms with Crippen LogP contribution in [0.1, 0.15) is 18.9 Å². The van der Waals surface area contributed by atoms with Crippen LogP contribution < -0.4 is 21.2 Å². The molecule has 2 aromatic heterocycles. The number of halogens is 3. The van der Waals surface area contributed by atoms with Crippen molar-refractivity contribution >= 4 is 22.3 Å². The molecule has 34 heavy (non-hydrogen) atoms. The fraction of sp³-hybridized carbons (Fsp3) is 0.208. The van der Waals surface area contributed by atoms with Gasteiger partial charge in [-0.2, -0.15) is 4.68 Å². The maximum absolute atomic E-state index is 13.3. The Labute approximate surface area is 192 Å². The predicted octanol–water partition coefficient (Wildman–Crippen LogP) is 4.68. The lowest BCUT2D eigenvalue weighted by molar-refractivity contribution is -0.274. The number of nitrogens with zero attached hydrogens (tertiary/aromatic N) is 3. The molecule has 0 unspecified atom stereocenters. The van der Waals surface area contributed by atoms with Gasteiger partial charge < -0.3 is 14.6 Å². The summed E-state index contributed by atoms with van der Waals surface area (Å²) in [6.45, 7) is 2.03. The molecule has 0 aliphatic rings. The number of hydrogen-bond donors (Lipinski definition) is 1. The Hall–Kier alpha value is -4.08. The fourth-order valence-corrected chi connectivity index (χ4v) is 3.61. The van der Waals surface area contributed by atoms with Gasteiger partial charge in [-0.05, 0) is 54.4 Å². The molecule has 0 atom stereocenters. The first-order valence-electron chi connectivity index (χ1n) is 10.5. The summed E-state index contributed by atoms with van der Waals surface area (Å²) in [5.41, 5.74) is 0.734. The molecule has 0 saturated carbocycles. The molecular formula is C24H21F3N4O3. The highest BCUT2D eigenvalue weighted by Crippen LogP contribution is 2.26. The highest BCUT2D eigenvalue weighted by Gasteiger charge is 2.31. The molecule has 176 valence electrons. The maximum atomic E-state index is 13.3. The molecule has 0 aliphatic heterocycles. The Balaban J connectivity index is 1.87. The molecule has 0 radical (unpaired) electrons. The summed E-state index contributed by atoms with van der Waals surface area (Å²) in [6.07, 6.45) is -1.56.